The molecule has 0 aliphatic rings. The zero-order chi connectivity index (χ0) is 13.9. The maximum Gasteiger partial charge on any atom is 0.263 e. The molecule has 0 aliphatic carbocycles. The SMILES string of the molecule is CNc1ccccc1S(=O)(=O)Nc1ccc(Br)cc1. The molecule has 0 unspecified atom stereocenters. The van der Waals surface area contributed by atoms with E-state index in [0.29, 0.717) is 11.4 Å². The van der Waals surface area contributed by atoms with Gasteiger partial charge in [-0.2, -0.15) is 0 Å². The van der Waals surface area contributed by atoms with Gasteiger partial charge in [0, 0.05) is 17.2 Å². The van der Waals surface area contributed by atoms with Gasteiger partial charge in [-0.1, -0.05) is 28.1 Å². The molecular weight excluding hydrogens is 328 g/mol. The van der Waals surface area contributed by atoms with Crippen molar-refractivity contribution in [3.05, 3.63) is 53.0 Å². The van der Waals surface area contributed by atoms with Crippen molar-refractivity contribution in [1.29, 1.82) is 0 Å². The van der Waals surface area contributed by atoms with Gasteiger partial charge in [0.25, 0.3) is 10.0 Å². The number of anilines is 2. The van der Waals surface area contributed by atoms with Crippen LogP contribution in [0.4, 0.5) is 11.4 Å². The number of hydrogen-bond acceptors (Lipinski definition) is 3. The topological polar surface area (TPSA) is 58.2 Å². The van der Waals surface area contributed by atoms with Gasteiger partial charge in [0.2, 0.25) is 0 Å². The molecule has 0 fully saturated rings. The summed E-state index contributed by atoms with van der Waals surface area (Å²) in [6.07, 6.45) is 0. The maximum atomic E-state index is 12.3. The minimum absolute atomic E-state index is 0.223. The van der Waals surface area contributed by atoms with Gasteiger partial charge in [-0.15, -0.1) is 0 Å². The molecule has 0 amide bonds. The van der Waals surface area contributed by atoms with Crippen molar-refractivity contribution >= 4 is 37.3 Å². The second-order valence-electron chi connectivity index (χ2n) is 3.86. The fourth-order valence-electron chi connectivity index (χ4n) is 1.64. The molecule has 4 nitrogen and oxygen atoms in total. The van der Waals surface area contributed by atoms with E-state index in [1.54, 1.807) is 55.6 Å². The second-order valence-corrected chi connectivity index (χ2v) is 6.43. The predicted molar refractivity (Wildman–Crippen MR) is 80.9 cm³/mol. The Morgan fingerprint density at radius 2 is 1.63 bits per heavy atom. The highest BCUT2D eigenvalue weighted by Crippen LogP contribution is 2.23. The van der Waals surface area contributed by atoms with Crippen LogP contribution in [-0.4, -0.2) is 15.5 Å². The van der Waals surface area contributed by atoms with Gasteiger partial charge in [-0.3, -0.25) is 4.72 Å². The smallest absolute Gasteiger partial charge is 0.263 e. The monoisotopic (exact) mass is 340 g/mol. The summed E-state index contributed by atoms with van der Waals surface area (Å²) in [5, 5.41) is 2.87. The van der Waals surface area contributed by atoms with E-state index in [1.807, 2.05) is 0 Å². The van der Waals surface area contributed by atoms with Crippen LogP contribution >= 0.6 is 15.9 Å². The second kappa shape index (κ2) is 5.63. The van der Waals surface area contributed by atoms with Crippen LogP contribution in [0.5, 0.6) is 0 Å². The number of para-hydroxylation sites is 1. The normalized spacial score (nSPS) is 11.1. The summed E-state index contributed by atoms with van der Waals surface area (Å²) in [7, 11) is -1.91. The number of halogens is 1. The van der Waals surface area contributed by atoms with Crippen LogP contribution in [0.15, 0.2) is 57.9 Å². The molecule has 19 heavy (non-hydrogen) atoms. The fraction of sp³-hybridized carbons (Fsp3) is 0.0769. The molecule has 100 valence electrons. The largest absolute Gasteiger partial charge is 0.387 e. The van der Waals surface area contributed by atoms with E-state index in [4.69, 9.17) is 0 Å². The Balaban J connectivity index is 2.35. The Morgan fingerprint density at radius 3 is 2.26 bits per heavy atom. The van der Waals surface area contributed by atoms with Crippen molar-refractivity contribution < 1.29 is 8.42 Å². The lowest BCUT2D eigenvalue weighted by atomic mass is 10.3. The first-order valence-electron chi connectivity index (χ1n) is 5.58. The van der Waals surface area contributed by atoms with Crippen LogP contribution in [0, 0.1) is 0 Å². The lowest BCUT2D eigenvalue weighted by Gasteiger charge is -2.11. The van der Waals surface area contributed by atoms with Gasteiger partial charge in [0.05, 0.1) is 5.69 Å². The van der Waals surface area contributed by atoms with Gasteiger partial charge < -0.3 is 5.32 Å². The highest BCUT2D eigenvalue weighted by molar-refractivity contribution is 9.10. The maximum absolute atomic E-state index is 12.3. The fourth-order valence-corrected chi connectivity index (χ4v) is 3.17. The van der Waals surface area contributed by atoms with Crippen molar-refractivity contribution in [3.63, 3.8) is 0 Å². The Hall–Kier alpha value is -1.53. The summed E-state index contributed by atoms with van der Waals surface area (Å²) < 4.78 is 28.0. The van der Waals surface area contributed by atoms with Gasteiger partial charge in [-0.05, 0) is 36.4 Å². The zero-order valence-corrected chi connectivity index (χ0v) is 12.6. The van der Waals surface area contributed by atoms with E-state index < -0.39 is 10.0 Å². The van der Waals surface area contributed by atoms with Crippen LogP contribution in [0.25, 0.3) is 0 Å². The molecule has 2 aromatic rings. The average molecular weight is 341 g/mol. The molecule has 2 aromatic carbocycles. The summed E-state index contributed by atoms with van der Waals surface area (Å²) in [5.74, 6) is 0. The van der Waals surface area contributed by atoms with Gasteiger partial charge in [0.1, 0.15) is 4.90 Å². The molecular formula is C13H13BrN2O2S. The molecule has 0 radical (unpaired) electrons. The number of sulfonamides is 1. The Labute approximate surface area is 121 Å². The average Bonchev–Trinajstić information content (AvgIpc) is 2.41. The van der Waals surface area contributed by atoms with Crippen molar-refractivity contribution in [3.8, 4) is 0 Å². The predicted octanol–water partition coefficient (Wildman–Crippen LogP) is 3.29. The zero-order valence-electron chi connectivity index (χ0n) is 10.2. The lowest BCUT2D eigenvalue weighted by Crippen LogP contribution is -2.14. The van der Waals surface area contributed by atoms with Crippen LogP contribution in [-0.2, 0) is 10.0 Å². The van der Waals surface area contributed by atoms with E-state index in [-0.39, 0.29) is 4.90 Å². The lowest BCUT2D eigenvalue weighted by molar-refractivity contribution is 0.601. The summed E-state index contributed by atoms with van der Waals surface area (Å²) in [6.45, 7) is 0. The number of nitrogens with one attached hydrogen (secondary N) is 2. The van der Waals surface area contributed by atoms with Crippen molar-refractivity contribution in [1.82, 2.24) is 0 Å². The minimum atomic E-state index is -3.60. The van der Waals surface area contributed by atoms with Crippen molar-refractivity contribution in [2.45, 2.75) is 4.90 Å². The summed E-state index contributed by atoms with van der Waals surface area (Å²) in [4.78, 5) is 0.223. The van der Waals surface area contributed by atoms with E-state index in [2.05, 4.69) is 26.0 Å². The molecule has 0 saturated carbocycles. The van der Waals surface area contributed by atoms with Crippen LogP contribution < -0.4 is 10.0 Å². The minimum Gasteiger partial charge on any atom is -0.387 e. The summed E-state index contributed by atoms with van der Waals surface area (Å²) >= 11 is 3.31. The molecule has 0 aromatic heterocycles. The van der Waals surface area contributed by atoms with Crippen LogP contribution in [0.1, 0.15) is 0 Å². The number of benzene rings is 2. The molecule has 0 saturated heterocycles. The molecule has 0 bridgehead atoms. The van der Waals surface area contributed by atoms with Crippen molar-refractivity contribution in [2.24, 2.45) is 0 Å². The Bertz CT molecular complexity index is 669. The highest BCUT2D eigenvalue weighted by atomic mass is 79.9. The third kappa shape index (κ3) is 3.27. The van der Waals surface area contributed by atoms with E-state index in [0.717, 1.165) is 4.47 Å². The standard InChI is InChI=1S/C13H13BrN2O2S/c1-15-12-4-2-3-5-13(12)19(17,18)16-11-8-6-10(14)7-9-11/h2-9,15-16H,1H3. The quantitative estimate of drug-likeness (QED) is 0.897. The highest BCUT2D eigenvalue weighted by Gasteiger charge is 2.17. The van der Waals surface area contributed by atoms with Gasteiger partial charge in [0.15, 0.2) is 0 Å². The third-order valence-corrected chi connectivity index (χ3v) is 4.51. The van der Waals surface area contributed by atoms with Crippen LogP contribution in [0.3, 0.4) is 0 Å². The molecule has 0 spiro atoms. The summed E-state index contributed by atoms with van der Waals surface area (Å²) in [6, 6.07) is 13.7. The first-order chi connectivity index (χ1) is 9.03. The van der Waals surface area contributed by atoms with Crippen molar-refractivity contribution in [2.75, 3.05) is 17.1 Å². The molecule has 6 heteroatoms. The van der Waals surface area contributed by atoms with E-state index >= 15 is 0 Å². The Kier molecular flexibility index (Phi) is 4.11. The van der Waals surface area contributed by atoms with Gasteiger partial charge in [-0.25, -0.2) is 8.42 Å². The molecule has 0 heterocycles. The number of rotatable bonds is 4. The third-order valence-electron chi connectivity index (χ3n) is 2.54. The van der Waals surface area contributed by atoms with E-state index in [1.165, 1.54) is 0 Å². The first-order valence-corrected chi connectivity index (χ1v) is 7.86. The molecule has 2 rings (SSSR count). The van der Waals surface area contributed by atoms with Gasteiger partial charge >= 0.3 is 0 Å². The van der Waals surface area contributed by atoms with Crippen LogP contribution in [0.2, 0.25) is 0 Å². The Morgan fingerprint density at radius 1 is 1.00 bits per heavy atom. The number of hydrogen-bond donors (Lipinski definition) is 2. The molecule has 0 atom stereocenters. The summed E-state index contributed by atoms with van der Waals surface area (Å²) in [5.41, 5.74) is 1.08. The van der Waals surface area contributed by atoms with E-state index in [9.17, 15) is 8.42 Å². The molecule has 0 aliphatic heterocycles. The molecule has 2 N–H and O–H groups in total. The first kappa shape index (κ1) is 13.9.